The maximum absolute atomic E-state index is 6.42. The predicted molar refractivity (Wildman–Crippen MR) is 87.2 cm³/mol. The highest BCUT2D eigenvalue weighted by molar-refractivity contribution is 9.10. The van der Waals surface area contributed by atoms with Crippen LogP contribution < -0.4 is 10.2 Å². The number of hydrogen-bond acceptors (Lipinski definition) is 2. The highest BCUT2D eigenvalue weighted by Gasteiger charge is 2.29. The summed E-state index contributed by atoms with van der Waals surface area (Å²) in [6, 6.07) is 7.23. The number of nitrogens with zero attached hydrogens (tertiary/aromatic N) is 1. The molecule has 4 heteroatoms. The van der Waals surface area contributed by atoms with Crippen LogP contribution in [0.4, 0.5) is 5.69 Å². The average molecular weight is 346 g/mol. The fraction of sp³-hybridized carbons (Fsp3) is 0.600. The van der Waals surface area contributed by atoms with E-state index in [1.165, 1.54) is 0 Å². The summed E-state index contributed by atoms with van der Waals surface area (Å²) in [4.78, 5) is 2.47. The highest BCUT2D eigenvalue weighted by atomic mass is 79.9. The molecule has 1 aromatic rings. The molecule has 1 saturated heterocycles. The summed E-state index contributed by atoms with van der Waals surface area (Å²) in [6.07, 6.45) is 1.13. The van der Waals surface area contributed by atoms with Gasteiger partial charge in [-0.3, -0.25) is 0 Å². The van der Waals surface area contributed by atoms with Crippen molar-refractivity contribution in [3.8, 4) is 0 Å². The maximum atomic E-state index is 6.42. The van der Waals surface area contributed by atoms with Crippen LogP contribution >= 0.6 is 27.5 Å². The summed E-state index contributed by atoms with van der Waals surface area (Å²) in [5.74, 6) is 0.634. The molecule has 1 N–H and O–H groups in total. The molecule has 1 aliphatic heterocycles. The van der Waals surface area contributed by atoms with Gasteiger partial charge in [0.05, 0.1) is 10.7 Å². The second-order valence-corrected chi connectivity index (χ2v) is 6.89. The summed E-state index contributed by atoms with van der Waals surface area (Å²) in [7, 11) is 0. The van der Waals surface area contributed by atoms with Gasteiger partial charge in [-0.15, -0.1) is 0 Å². The Kier molecular flexibility index (Phi) is 5.15. The van der Waals surface area contributed by atoms with Crippen molar-refractivity contribution in [2.75, 3.05) is 18.0 Å². The van der Waals surface area contributed by atoms with E-state index in [0.29, 0.717) is 18.0 Å². The molecule has 0 bridgehead atoms. The number of benzene rings is 1. The van der Waals surface area contributed by atoms with Crippen LogP contribution in [0.1, 0.15) is 27.2 Å². The van der Waals surface area contributed by atoms with Crippen molar-refractivity contribution >= 4 is 33.2 Å². The first-order valence-corrected chi connectivity index (χ1v) is 8.15. The van der Waals surface area contributed by atoms with Gasteiger partial charge in [0.1, 0.15) is 0 Å². The zero-order chi connectivity index (χ0) is 14.0. The number of piperazine rings is 1. The number of anilines is 1. The van der Waals surface area contributed by atoms with Crippen molar-refractivity contribution in [3.63, 3.8) is 0 Å². The van der Waals surface area contributed by atoms with Crippen molar-refractivity contribution in [1.29, 1.82) is 0 Å². The molecule has 1 aromatic carbocycles. The van der Waals surface area contributed by atoms with Gasteiger partial charge in [0.25, 0.3) is 0 Å². The molecule has 0 aliphatic carbocycles. The molecule has 0 radical (unpaired) electrons. The smallest absolute Gasteiger partial charge is 0.0650 e. The van der Waals surface area contributed by atoms with E-state index < -0.39 is 0 Å². The van der Waals surface area contributed by atoms with E-state index in [9.17, 15) is 0 Å². The molecule has 1 fully saturated rings. The van der Waals surface area contributed by atoms with Gasteiger partial charge >= 0.3 is 0 Å². The molecule has 1 heterocycles. The second kappa shape index (κ2) is 6.47. The van der Waals surface area contributed by atoms with Crippen LogP contribution in [0.15, 0.2) is 22.7 Å². The number of halogens is 2. The lowest BCUT2D eigenvalue weighted by Gasteiger charge is -2.43. The van der Waals surface area contributed by atoms with Crippen LogP contribution in [0.5, 0.6) is 0 Å². The van der Waals surface area contributed by atoms with Gasteiger partial charge in [0.2, 0.25) is 0 Å². The van der Waals surface area contributed by atoms with Gasteiger partial charge < -0.3 is 10.2 Å². The van der Waals surface area contributed by atoms with Gasteiger partial charge in [-0.1, -0.05) is 48.3 Å². The summed E-state index contributed by atoms with van der Waals surface area (Å²) < 4.78 is 1.03. The first-order valence-electron chi connectivity index (χ1n) is 6.98. The van der Waals surface area contributed by atoms with Gasteiger partial charge in [-0.05, 0) is 30.5 Å². The standard InChI is InChI=1S/C15H22BrClN2/c1-4-12-8-18-14(10(2)3)9-19(12)15-6-5-11(16)7-13(15)17/h5-7,10,12,14,18H,4,8-9H2,1-3H3. The fourth-order valence-electron chi connectivity index (χ4n) is 2.64. The average Bonchev–Trinajstić information content (AvgIpc) is 2.38. The van der Waals surface area contributed by atoms with Gasteiger partial charge in [0.15, 0.2) is 0 Å². The van der Waals surface area contributed by atoms with Crippen LogP contribution in [0.25, 0.3) is 0 Å². The van der Waals surface area contributed by atoms with E-state index in [0.717, 1.165) is 34.7 Å². The third-order valence-electron chi connectivity index (χ3n) is 3.94. The molecule has 0 saturated carbocycles. The van der Waals surface area contributed by atoms with Gasteiger partial charge in [-0.25, -0.2) is 0 Å². The van der Waals surface area contributed by atoms with E-state index in [2.05, 4.69) is 59.1 Å². The molecule has 2 rings (SSSR count). The SMILES string of the molecule is CCC1CNC(C(C)C)CN1c1ccc(Br)cc1Cl. The lowest BCUT2D eigenvalue weighted by Crippen LogP contribution is -2.58. The zero-order valence-electron chi connectivity index (χ0n) is 11.8. The summed E-state index contributed by atoms with van der Waals surface area (Å²) in [5, 5.41) is 4.49. The highest BCUT2D eigenvalue weighted by Crippen LogP contribution is 2.32. The normalized spacial score (nSPS) is 24.0. The molecule has 2 nitrogen and oxygen atoms in total. The van der Waals surface area contributed by atoms with E-state index in [4.69, 9.17) is 11.6 Å². The first-order chi connectivity index (χ1) is 9.02. The number of nitrogens with one attached hydrogen (secondary N) is 1. The lowest BCUT2D eigenvalue weighted by atomic mass is 9.98. The van der Waals surface area contributed by atoms with E-state index in [-0.39, 0.29) is 0 Å². The van der Waals surface area contributed by atoms with Crippen molar-refractivity contribution in [2.24, 2.45) is 5.92 Å². The Hall–Kier alpha value is -0.250. The van der Waals surface area contributed by atoms with E-state index in [1.54, 1.807) is 0 Å². The maximum Gasteiger partial charge on any atom is 0.0650 e. The third kappa shape index (κ3) is 3.45. The Morgan fingerprint density at radius 1 is 1.47 bits per heavy atom. The minimum atomic E-state index is 0.522. The van der Waals surface area contributed by atoms with E-state index >= 15 is 0 Å². The minimum absolute atomic E-state index is 0.522. The summed E-state index contributed by atoms with van der Waals surface area (Å²) in [5.41, 5.74) is 1.16. The molecule has 0 spiro atoms. The molecular weight excluding hydrogens is 324 g/mol. The van der Waals surface area contributed by atoms with Crippen molar-refractivity contribution in [3.05, 3.63) is 27.7 Å². The van der Waals surface area contributed by atoms with Crippen LogP contribution in [-0.4, -0.2) is 25.2 Å². The predicted octanol–water partition coefficient (Wildman–Crippen LogP) is 4.32. The quantitative estimate of drug-likeness (QED) is 0.878. The van der Waals surface area contributed by atoms with Gasteiger partial charge in [0, 0.05) is 29.6 Å². The Bertz CT molecular complexity index is 436. The molecule has 106 valence electrons. The monoisotopic (exact) mass is 344 g/mol. The molecule has 0 aromatic heterocycles. The number of hydrogen-bond donors (Lipinski definition) is 1. The summed E-state index contributed by atoms with van der Waals surface area (Å²) >= 11 is 9.89. The van der Waals surface area contributed by atoms with Crippen molar-refractivity contribution < 1.29 is 0 Å². The molecule has 19 heavy (non-hydrogen) atoms. The molecule has 2 atom stereocenters. The largest absolute Gasteiger partial charge is 0.365 e. The van der Waals surface area contributed by atoms with Crippen molar-refractivity contribution in [1.82, 2.24) is 5.32 Å². The third-order valence-corrected chi connectivity index (χ3v) is 4.74. The van der Waals surface area contributed by atoms with Crippen LogP contribution in [-0.2, 0) is 0 Å². The Morgan fingerprint density at radius 3 is 2.79 bits per heavy atom. The molecule has 0 amide bonds. The van der Waals surface area contributed by atoms with Crippen LogP contribution in [0, 0.1) is 5.92 Å². The topological polar surface area (TPSA) is 15.3 Å². The van der Waals surface area contributed by atoms with Crippen molar-refractivity contribution in [2.45, 2.75) is 39.3 Å². The molecular formula is C15H22BrClN2. The zero-order valence-corrected chi connectivity index (χ0v) is 14.1. The molecule has 2 unspecified atom stereocenters. The van der Waals surface area contributed by atoms with Crippen LogP contribution in [0.2, 0.25) is 5.02 Å². The van der Waals surface area contributed by atoms with Gasteiger partial charge in [-0.2, -0.15) is 0 Å². The minimum Gasteiger partial charge on any atom is -0.365 e. The molecule has 1 aliphatic rings. The fourth-order valence-corrected chi connectivity index (χ4v) is 3.43. The Balaban J connectivity index is 2.27. The lowest BCUT2D eigenvalue weighted by molar-refractivity contribution is 0.325. The first kappa shape index (κ1) is 15.1. The summed E-state index contributed by atoms with van der Waals surface area (Å²) in [6.45, 7) is 8.84. The second-order valence-electron chi connectivity index (χ2n) is 5.57. The number of rotatable bonds is 3. The Morgan fingerprint density at radius 2 is 2.21 bits per heavy atom. The Labute approximate surface area is 129 Å². The van der Waals surface area contributed by atoms with E-state index in [1.807, 2.05) is 6.07 Å². The van der Waals surface area contributed by atoms with Crippen LogP contribution in [0.3, 0.4) is 0 Å².